The minimum absolute atomic E-state index is 0. The van der Waals surface area contributed by atoms with E-state index in [1.165, 1.54) is 37.3 Å². The molecule has 0 aliphatic carbocycles. The molecule has 182 valence electrons. The first kappa shape index (κ1) is 33.7. The molecule has 12 nitrogen and oxygen atoms in total. The van der Waals surface area contributed by atoms with E-state index in [9.17, 15) is 35.8 Å². The third-order valence-corrected chi connectivity index (χ3v) is 6.64. The third-order valence-electron chi connectivity index (χ3n) is 4.90. The van der Waals surface area contributed by atoms with Gasteiger partial charge in [0, 0.05) is 34.2 Å². The van der Waals surface area contributed by atoms with Gasteiger partial charge in [0.15, 0.2) is 5.69 Å². The number of hydrogen-bond acceptors (Lipinski definition) is 8. The summed E-state index contributed by atoms with van der Waals surface area (Å²) in [6, 6.07) is 11.8. The number of nitrogens with zero attached hydrogens (tertiary/aromatic N) is 3. The van der Waals surface area contributed by atoms with Crippen molar-refractivity contribution in [2.24, 2.45) is 10.2 Å². The number of fused-ring (bicyclic) bond motifs is 1. The molecule has 0 bridgehead atoms. The second kappa shape index (κ2) is 12.7. The smallest absolute Gasteiger partial charge is 0.506 e. The van der Waals surface area contributed by atoms with Gasteiger partial charge in [0.2, 0.25) is 0 Å². The van der Waals surface area contributed by atoms with Crippen LogP contribution in [0.5, 0.6) is 5.75 Å². The number of aromatic nitrogens is 2. The fourth-order valence-corrected chi connectivity index (χ4v) is 4.59. The SMILES string of the molecule is Cc1[nH]n(-c2cccc(S(=O)(=O)O)c2)c(=O)c1N=Nc1c(O)cc(S(=O)(=O)O)c2ccccc12.[Cr].[Na+].[Na+]. The number of aromatic hydroxyl groups is 1. The third kappa shape index (κ3) is 7.01. The largest absolute Gasteiger partial charge is 1.00 e. The Balaban J connectivity index is 0.00000228. The zero-order chi connectivity index (χ0) is 24.8. The molecule has 4 N–H and O–H groups in total. The molecule has 0 saturated carbocycles. The van der Waals surface area contributed by atoms with E-state index in [1.807, 2.05) is 0 Å². The van der Waals surface area contributed by atoms with Crippen LogP contribution in [0.2, 0.25) is 0 Å². The minimum atomic E-state index is -4.64. The first-order valence-corrected chi connectivity index (χ1v) is 12.3. The Kier molecular flexibility index (Phi) is 11.6. The second-order valence-electron chi connectivity index (χ2n) is 7.16. The van der Waals surface area contributed by atoms with Gasteiger partial charge in [0.05, 0.1) is 16.3 Å². The summed E-state index contributed by atoms with van der Waals surface area (Å²) in [5.74, 6) is -0.593. The maximum absolute atomic E-state index is 12.9. The standard InChI is InChI=1S/C20H16N4O8S2.Cr.2Na/c1-11-18(20(26)24(23-11)12-5-4-6-13(9-12)33(27,28)29)21-22-19-15-8-3-2-7-14(15)17(10-16(19)25)34(30,31)32;;;/h2-10,23,25H,1H3,(H,27,28,29)(H,30,31,32);;;/q;;2*+1. The van der Waals surface area contributed by atoms with Gasteiger partial charge in [-0.15, -0.1) is 10.2 Å². The monoisotopic (exact) mass is 602 g/mol. The number of aromatic amines is 1. The van der Waals surface area contributed by atoms with Crippen LogP contribution in [0.25, 0.3) is 16.5 Å². The number of nitrogens with one attached hydrogen (secondary N) is 1. The zero-order valence-electron chi connectivity index (χ0n) is 19.6. The molecule has 0 unspecified atom stereocenters. The summed E-state index contributed by atoms with van der Waals surface area (Å²) in [6.07, 6.45) is 0. The van der Waals surface area contributed by atoms with Crippen LogP contribution in [0.1, 0.15) is 5.69 Å². The van der Waals surface area contributed by atoms with Crippen LogP contribution < -0.4 is 64.7 Å². The van der Waals surface area contributed by atoms with Gasteiger partial charge in [-0.25, -0.2) is 4.68 Å². The van der Waals surface area contributed by atoms with Crippen LogP contribution in [0, 0.1) is 6.92 Å². The summed E-state index contributed by atoms with van der Waals surface area (Å²) >= 11 is 0. The van der Waals surface area contributed by atoms with E-state index >= 15 is 0 Å². The van der Waals surface area contributed by atoms with Crippen LogP contribution in [0.15, 0.2) is 79.4 Å². The second-order valence-corrected chi connectivity index (χ2v) is 9.97. The molecular weight excluding hydrogens is 586 g/mol. The molecule has 0 spiro atoms. The minimum Gasteiger partial charge on any atom is -0.506 e. The van der Waals surface area contributed by atoms with Crippen molar-refractivity contribution < 1.29 is 108 Å². The zero-order valence-corrected chi connectivity index (χ0v) is 26.6. The van der Waals surface area contributed by atoms with Crippen LogP contribution in [-0.2, 0) is 37.6 Å². The van der Waals surface area contributed by atoms with E-state index in [-0.39, 0.29) is 110 Å². The predicted molar refractivity (Wildman–Crippen MR) is 121 cm³/mol. The van der Waals surface area contributed by atoms with Gasteiger partial charge < -0.3 is 5.11 Å². The summed E-state index contributed by atoms with van der Waals surface area (Å²) in [5, 5.41) is 21.2. The van der Waals surface area contributed by atoms with E-state index in [0.717, 1.165) is 22.9 Å². The van der Waals surface area contributed by atoms with E-state index < -0.39 is 41.3 Å². The number of H-pyrrole nitrogens is 1. The quantitative estimate of drug-likeness (QED) is 0.107. The Hall–Kier alpha value is -1.32. The Bertz CT molecular complexity index is 1770. The van der Waals surface area contributed by atoms with E-state index in [1.54, 1.807) is 6.07 Å². The number of phenols is 1. The molecule has 0 radical (unpaired) electrons. The number of benzene rings is 3. The topological polar surface area (TPSA) is 191 Å². The Morgan fingerprint density at radius 1 is 0.838 bits per heavy atom. The normalized spacial score (nSPS) is 11.5. The van der Waals surface area contributed by atoms with Crippen LogP contribution in [-0.4, -0.2) is 40.8 Å². The molecule has 4 aromatic rings. The Labute approximate surface area is 266 Å². The van der Waals surface area contributed by atoms with Crippen molar-refractivity contribution in [1.82, 2.24) is 9.78 Å². The molecule has 37 heavy (non-hydrogen) atoms. The molecular formula is C20H16CrN4Na2O8S2+2. The molecule has 0 saturated heterocycles. The first-order valence-electron chi connectivity index (χ1n) is 9.41. The van der Waals surface area contributed by atoms with Crippen molar-refractivity contribution >= 4 is 42.4 Å². The summed E-state index contributed by atoms with van der Waals surface area (Å²) in [5.41, 5.74) is -0.644. The van der Waals surface area contributed by atoms with Gasteiger partial charge in [-0.1, -0.05) is 30.3 Å². The molecule has 0 amide bonds. The van der Waals surface area contributed by atoms with Crippen molar-refractivity contribution in [3.8, 4) is 11.4 Å². The van der Waals surface area contributed by atoms with E-state index in [2.05, 4.69) is 15.3 Å². The van der Waals surface area contributed by atoms with Crippen LogP contribution in [0.3, 0.4) is 0 Å². The van der Waals surface area contributed by atoms with E-state index in [0.29, 0.717) is 0 Å². The van der Waals surface area contributed by atoms with Gasteiger partial charge in [0.25, 0.3) is 25.8 Å². The number of aryl methyl sites for hydroxylation is 1. The van der Waals surface area contributed by atoms with Crippen molar-refractivity contribution in [3.63, 3.8) is 0 Å². The Morgan fingerprint density at radius 2 is 1.43 bits per heavy atom. The summed E-state index contributed by atoms with van der Waals surface area (Å²) in [7, 11) is -9.14. The average molecular weight is 602 g/mol. The van der Waals surface area contributed by atoms with Crippen LogP contribution in [0.4, 0.5) is 11.4 Å². The fraction of sp³-hybridized carbons (Fsp3) is 0.0500. The fourth-order valence-electron chi connectivity index (χ4n) is 3.35. The summed E-state index contributed by atoms with van der Waals surface area (Å²) < 4.78 is 65.9. The average Bonchev–Trinajstić information content (AvgIpc) is 3.05. The summed E-state index contributed by atoms with van der Waals surface area (Å²) in [6.45, 7) is 1.51. The maximum Gasteiger partial charge on any atom is 1.00 e. The molecule has 17 heteroatoms. The number of azo groups is 1. The number of rotatable bonds is 5. The molecule has 3 aromatic carbocycles. The maximum atomic E-state index is 12.9. The number of hydrogen-bond donors (Lipinski definition) is 4. The summed E-state index contributed by atoms with van der Waals surface area (Å²) in [4.78, 5) is 12.0. The van der Waals surface area contributed by atoms with Gasteiger partial charge >= 0.3 is 59.1 Å². The molecule has 0 atom stereocenters. The number of phenolic OH excluding ortho intramolecular Hbond substituents is 1. The molecule has 4 rings (SSSR count). The predicted octanol–water partition coefficient (Wildman–Crippen LogP) is -2.75. The Morgan fingerprint density at radius 3 is 2.03 bits per heavy atom. The molecule has 0 aliphatic rings. The van der Waals surface area contributed by atoms with Crippen molar-refractivity contribution in [3.05, 3.63) is 70.6 Å². The van der Waals surface area contributed by atoms with Gasteiger partial charge in [-0.2, -0.15) is 16.8 Å². The van der Waals surface area contributed by atoms with Crippen molar-refractivity contribution in [2.45, 2.75) is 16.7 Å². The molecule has 0 fully saturated rings. The van der Waals surface area contributed by atoms with Gasteiger partial charge in [-0.3, -0.25) is 19.0 Å². The molecule has 0 aliphatic heterocycles. The molecule has 1 aromatic heterocycles. The van der Waals surface area contributed by atoms with Crippen LogP contribution >= 0.6 is 0 Å². The molecule has 1 heterocycles. The van der Waals surface area contributed by atoms with Crippen molar-refractivity contribution in [2.75, 3.05) is 0 Å². The van der Waals surface area contributed by atoms with Crippen molar-refractivity contribution in [1.29, 1.82) is 0 Å². The van der Waals surface area contributed by atoms with E-state index in [4.69, 9.17) is 0 Å². The van der Waals surface area contributed by atoms with Gasteiger partial charge in [0.1, 0.15) is 16.3 Å². The first-order chi connectivity index (χ1) is 15.9. The van der Waals surface area contributed by atoms with Gasteiger partial charge in [-0.05, 0) is 25.1 Å².